The summed E-state index contributed by atoms with van der Waals surface area (Å²) in [5.74, 6) is 0.614. The largest absolute Gasteiger partial charge is 0.474 e. The molecule has 0 spiro atoms. The second-order valence-corrected chi connectivity index (χ2v) is 9.61. The molecule has 1 aromatic heterocycles. The summed E-state index contributed by atoms with van der Waals surface area (Å²) in [5.41, 5.74) is 2.76. The van der Waals surface area contributed by atoms with Crippen LogP contribution in [0.25, 0.3) is 0 Å². The number of benzene rings is 1. The molecule has 2 fully saturated rings. The molecule has 2 aliphatic heterocycles. The van der Waals surface area contributed by atoms with Gasteiger partial charge in [0.05, 0.1) is 4.90 Å². The Kier molecular flexibility index (Phi) is 4.72. The van der Waals surface area contributed by atoms with Crippen molar-refractivity contribution in [3.63, 3.8) is 0 Å². The van der Waals surface area contributed by atoms with Crippen molar-refractivity contribution < 1.29 is 13.2 Å². The Morgan fingerprint density at radius 3 is 2.22 bits per heavy atom. The van der Waals surface area contributed by atoms with Crippen LogP contribution in [-0.4, -0.2) is 35.9 Å². The number of fused-ring (bicyclic) bond motifs is 2. The highest BCUT2D eigenvalue weighted by molar-refractivity contribution is 7.89. The molecular weight excluding hydrogens is 360 g/mol. The van der Waals surface area contributed by atoms with Crippen molar-refractivity contribution in [3.05, 3.63) is 53.2 Å². The maximum atomic E-state index is 13.5. The van der Waals surface area contributed by atoms with E-state index in [1.165, 1.54) is 0 Å². The van der Waals surface area contributed by atoms with Gasteiger partial charge in [0.2, 0.25) is 15.9 Å². The standard InChI is InChI=1S/C21H26N2O3S/c1-14-10-15(2)21(16(3)11-14)27(24,25)23-17-7-8-18(23)13-19(12-17)26-20-6-4-5-9-22-20/h4-6,9-11,17-19H,7-8,12-13H2,1-3H3. The minimum absolute atomic E-state index is 0.00238. The third kappa shape index (κ3) is 3.36. The van der Waals surface area contributed by atoms with E-state index in [2.05, 4.69) is 4.98 Å². The third-order valence-corrected chi connectivity index (χ3v) is 8.00. The molecule has 0 N–H and O–H groups in total. The molecule has 0 amide bonds. The first-order valence-corrected chi connectivity index (χ1v) is 11.0. The molecule has 27 heavy (non-hydrogen) atoms. The van der Waals surface area contributed by atoms with Gasteiger partial charge in [-0.2, -0.15) is 4.31 Å². The fourth-order valence-corrected chi connectivity index (χ4v) is 7.15. The summed E-state index contributed by atoms with van der Waals surface area (Å²) in [4.78, 5) is 4.72. The quantitative estimate of drug-likeness (QED) is 0.803. The summed E-state index contributed by atoms with van der Waals surface area (Å²) in [6.45, 7) is 5.79. The zero-order valence-corrected chi connectivity index (χ0v) is 16.9. The molecular formula is C21H26N2O3S. The van der Waals surface area contributed by atoms with Crippen LogP contribution in [0.2, 0.25) is 0 Å². The second-order valence-electron chi connectivity index (χ2n) is 7.83. The van der Waals surface area contributed by atoms with Crippen LogP contribution in [0.1, 0.15) is 42.4 Å². The van der Waals surface area contributed by atoms with Gasteiger partial charge in [0.25, 0.3) is 0 Å². The lowest BCUT2D eigenvalue weighted by atomic mass is 10.0. The molecule has 3 heterocycles. The van der Waals surface area contributed by atoms with E-state index in [1.54, 1.807) is 10.5 Å². The van der Waals surface area contributed by atoms with Crippen molar-refractivity contribution in [2.75, 3.05) is 0 Å². The second kappa shape index (κ2) is 6.91. The Bertz CT molecular complexity index is 906. The van der Waals surface area contributed by atoms with Gasteiger partial charge in [-0.25, -0.2) is 13.4 Å². The van der Waals surface area contributed by atoms with E-state index in [0.717, 1.165) is 42.4 Å². The van der Waals surface area contributed by atoms with Crippen LogP contribution in [-0.2, 0) is 10.0 Å². The van der Waals surface area contributed by atoms with Crippen molar-refractivity contribution in [1.29, 1.82) is 0 Å². The molecule has 2 atom stereocenters. The van der Waals surface area contributed by atoms with Crippen molar-refractivity contribution in [1.82, 2.24) is 9.29 Å². The molecule has 144 valence electrons. The Morgan fingerprint density at radius 2 is 1.67 bits per heavy atom. The number of aryl methyl sites for hydroxylation is 3. The van der Waals surface area contributed by atoms with Gasteiger partial charge in [0.15, 0.2) is 0 Å². The summed E-state index contributed by atoms with van der Waals surface area (Å²) in [7, 11) is -3.51. The molecule has 0 aliphatic carbocycles. The van der Waals surface area contributed by atoms with E-state index in [0.29, 0.717) is 10.8 Å². The Labute approximate surface area is 161 Å². The van der Waals surface area contributed by atoms with Gasteiger partial charge in [-0.1, -0.05) is 23.8 Å². The summed E-state index contributed by atoms with van der Waals surface area (Å²) in [6, 6.07) is 9.53. The zero-order valence-electron chi connectivity index (χ0n) is 16.1. The lowest BCUT2D eigenvalue weighted by Crippen LogP contribution is -2.49. The van der Waals surface area contributed by atoms with Gasteiger partial charge in [-0.15, -0.1) is 0 Å². The van der Waals surface area contributed by atoms with Crippen LogP contribution in [0.5, 0.6) is 5.88 Å². The molecule has 4 rings (SSSR count). The fraction of sp³-hybridized carbons (Fsp3) is 0.476. The number of aromatic nitrogens is 1. The Hall–Kier alpha value is -1.92. The van der Waals surface area contributed by atoms with Gasteiger partial charge < -0.3 is 4.74 Å². The van der Waals surface area contributed by atoms with Crippen molar-refractivity contribution >= 4 is 10.0 Å². The summed E-state index contributed by atoms with van der Waals surface area (Å²) < 4.78 is 34.9. The zero-order chi connectivity index (χ0) is 19.2. The molecule has 6 heteroatoms. The highest BCUT2D eigenvalue weighted by Crippen LogP contribution is 2.41. The van der Waals surface area contributed by atoms with E-state index in [-0.39, 0.29) is 18.2 Å². The van der Waals surface area contributed by atoms with Crippen molar-refractivity contribution in [2.24, 2.45) is 0 Å². The first-order chi connectivity index (χ1) is 12.9. The number of hydrogen-bond donors (Lipinski definition) is 0. The SMILES string of the molecule is Cc1cc(C)c(S(=O)(=O)N2C3CCC2CC(Oc2ccccn2)C3)c(C)c1. The number of piperidine rings is 1. The predicted molar refractivity (Wildman–Crippen MR) is 104 cm³/mol. The number of rotatable bonds is 4. The van der Waals surface area contributed by atoms with E-state index in [9.17, 15) is 8.42 Å². The maximum absolute atomic E-state index is 13.5. The highest BCUT2D eigenvalue weighted by atomic mass is 32.2. The number of pyridine rings is 1. The highest BCUT2D eigenvalue weighted by Gasteiger charge is 2.48. The first kappa shape index (κ1) is 18.4. The molecule has 2 aromatic rings. The topological polar surface area (TPSA) is 59.5 Å². The molecule has 1 aromatic carbocycles. The molecule has 2 unspecified atom stereocenters. The number of hydrogen-bond acceptors (Lipinski definition) is 4. The van der Waals surface area contributed by atoms with E-state index < -0.39 is 10.0 Å². The van der Waals surface area contributed by atoms with Crippen LogP contribution < -0.4 is 4.74 Å². The van der Waals surface area contributed by atoms with E-state index in [1.807, 2.05) is 51.1 Å². The minimum atomic E-state index is -3.51. The van der Waals surface area contributed by atoms with Gasteiger partial charge in [0, 0.05) is 37.2 Å². The molecule has 2 saturated heterocycles. The molecule has 0 radical (unpaired) electrons. The average molecular weight is 387 g/mol. The van der Waals surface area contributed by atoms with Crippen LogP contribution in [0.3, 0.4) is 0 Å². The van der Waals surface area contributed by atoms with E-state index in [4.69, 9.17) is 4.74 Å². The first-order valence-electron chi connectivity index (χ1n) is 9.55. The maximum Gasteiger partial charge on any atom is 0.244 e. The Balaban J connectivity index is 1.59. The average Bonchev–Trinajstić information content (AvgIpc) is 2.87. The summed E-state index contributed by atoms with van der Waals surface area (Å²) in [6.07, 6.45) is 4.97. The molecule has 2 bridgehead atoms. The predicted octanol–water partition coefficient (Wildman–Crippen LogP) is 3.77. The van der Waals surface area contributed by atoms with E-state index >= 15 is 0 Å². The molecule has 2 aliphatic rings. The lowest BCUT2D eigenvalue weighted by molar-refractivity contribution is 0.0918. The smallest absolute Gasteiger partial charge is 0.244 e. The molecule has 5 nitrogen and oxygen atoms in total. The van der Waals surface area contributed by atoms with Crippen LogP contribution >= 0.6 is 0 Å². The fourth-order valence-electron chi connectivity index (χ4n) is 4.84. The van der Waals surface area contributed by atoms with Gasteiger partial charge >= 0.3 is 0 Å². The van der Waals surface area contributed by atoms with Gasteiger partial charge in [0.1, 0.15) is 6.10 Å². The minimum Gasteiger partial charge on any atom is -0.474 e. The normalized spacial score (nSPS) is 25.5. The monoisotopic (exact) mass is 386 g/mol. The third-order valence-electron chi connectivity index (χ3n) is 5.69. The number of nitrogens with zero attached hydrogens (tertiary/aromatic N) is 2. The molecule has 0 saturated carbocycles. The summed E-state index contributed by atoms with van der Waals surface area (Å²) in [5, 5.41) is 0. The summed E-state index contributed by atoms with van der Waals surface area (Å²) >= 11 is 0. The number of sulfonamides is 1. The van der Waals surface area contributed by atoms with Crippen molar-refractivity contribution in [2.45, 2.75) is 69.5 Å². The lowest BCUT2D eigenvalue weighted by Gasteiger charge is -2.38. The number of ether oxygens (including phenoxy) is 1. The Morgan fingerprint density at radius 1 is 1.04 bits per heavy atom. The van der Waals surface area contributed by atoms with Gasteiger partial charge in [-0.3, -0.25) is 0 Å². The van der Waals surface area contributed by atoms with Crippen molar-refractivity contribution in [3.8, 4) is 5.88 Å². The van der Waals surface area contributed by atoms with Crippen LogP contribution in [0.15, 0.2) is 41.4 Å². The van der Waals surface area contributed by atoms with Crippen LogP contribution in [0.4, 0.5) is 0 Å². The van der Waals surface area contributed by atoms with Gasteiger partial charge in [-0.05, 0) is 50.8 Å². The van der Waals surface area contributed by atoms with Crippen LogP contribution in [0, 0.1) is 20.8 Å².